The number of pyridine rings is 1. The molecule has 108 valence electrons. The molecule has 0 aromatic carbocycles. The summed E-state index contributed by atoms with van der Waals surface area (Å²) in [6, 6.07) is 0. The Bertz CT molecular complexity index is 575. The van der Waals surface area contributed by atoms with Gasteiger partial charge in [0.15, 0.2) is 9.84 Å². The molecule has 0 unspecified atom stereocenters. The van der Waals surface area contributed by atoms with E-state index in [1.165, 1.54) is 0 Å². The Hall–Kier alpha value is -0.620. The third-order valence-electron chi connectivity index (χ3n) is 2.56. The summed E-state index contributed by atoms with van der Waals surface area (Å²) in [5.41, 5.74) is 0.417. The fraction of sp³-hybridized carbons (Fsp3) is 0.615. The van der Waals surface area contributed by atoms with E-state index >= 15 is 0 Å². The number of halogens is 1. The molecule has 0 radical (unpaired) electrons. The zero-order chi connectivity index (χ0) is 15.0. The molecule has 1 rings (SSSR count). The van der Waals surface area contributed by atoms with E-state index in [1.807, 2.05) is 20.8 Å². The standard InChI is InChI=1S/C13H21BrN2O2S/c1-9-10(14)7-15-12(16(5)6)11(9)19(17,18)8-13(2,3)4/h7H,8H2,1-6H3. The second-order valence-corrected chi connectivity index (χ2v) is 8.88. The van der Waals surface area contributed by atoms with Crippen LogP contribution in [0.3, 0.4) is 0 Å². The van der Waals surface area contributed by atoms with Crippen molar-refractivity contribution in [3.8, 4) is 0 Å². The van der Waals surface area contributed by atoms with Crippen LogP contribution in [0.5, 0.6) is 0 Å². The highest BCUT2D eigenvalue weighted by atomic mass is 79.9. The first kappa shape index (κ1) is 16.4. The largest absolute Gasteiger partial charge is 0.362 e. The molecule has 4 nitrogen and oxygen atoms in total. The van der Waals surface area contributed by atoms with Gasteiger partial charge in [0.05, 0.1) is 5.75 Å². The molecule has 0 saturated carbocycles. The third kappa shape index (κ3) is 3.92. The Balaban J connectivity index is 3.53. The van der Waals surface area contributed by atoms with E-state index in [9.17, 15) is 8.42 Å². The minimum atomic E-state index is -3.38. The van der Waals surface area contributed by atoms with E-state index in [0.29, 0.717) is 20.7 Å². The van der Waals surface area contributed by atoms with Crippen molar-refractivity contribution in [1.82, 2.24) is 4.98 Å². The fourth-order valence-corrected chi connectivity index (χ4v) is 4.69. The van der Waals surface area contributed by atoms with Gasteiger partial charge in [0.2, 0.25) is 0 Å². The van der Waals surface area contributed by atoms with Gasteiger partial charge in [-0.05, 0) is 33.8 Å². The van der Waals surface area contributed by atoms with Crippen molar-refractivity contribution >= 4 is 31.6 Å². The van der Waals surface area contributed by atoms with Gasteiger partial charge in [0, 0.05) is 24.8 Å². The Labute approximate surface area is 124 Å². The van der Waals surface area contributed by atoms with E-state index in [4.69, 9.17) is 0 Å². The van der Waals surface area contributed by atoms with Gasteiger partial charge >= 0.3 is 0 Å². The Kier molecular flexibility index (Phi) is 4.67. The molecule has 1 aromatic rings. The zero-order valence-corrected chi connectivity index (χ0v) is 14.7. The maximum absolute atomic E-state index is 12.7. The number of nitrogens with zero attached hydrogens (tertiary/aromatic N) is 2. The molecular weight excluding hydrogens is 328 g/mol. The van der Waals surface area contributed by atoms with Crippen LogP contribution in [0.25, 0.3) is 0 Å². The molecule has 1 aromatic heterocycles. The van der Waals surface area contributed by atoms with Crippen molar-refractivity contribution in [3.63, 3.8) is 0 Å². The van der Waals surface area contributed by atoms with E-state index in [1.54, 1.807) is 32.1 Å². The molecule has 1 heterocycles. The quantitative estimate of drug-likeness (QED) is 0.842. The lowest BCUT2D eigenvalue weighted by atomic mass is 10.0. The predicted octanol–water partition coefficient (Wildman–Crippen LogP) is 3.04. The molecule has 0 aliphatic heterocycles. The molecule has 0 atom stereocenters. The fourth-order valence-electron chi connectivity index (χ4n) is 1.88. The summed E-state index contributed by atoms with van der Waals surface area (Å²) in [6.45, 7) is 7.55. The minimum Gasteiger partial charge on any atom is -0.362 e. The molecule has 0 bridgehead atoms. The highest BCUT2D eigenvalue weighted by Gasteiger charge is 2.29. The number of hydrogen-bond acceptors (Lipinski definition) is 4. The maximum atomic E-state index is 12.7. The van der Waals surface area contributed by atoms with Crippen LogP contribution in [0.15, 0.2) is 15.6 Å². The second-order valence-electron chi connectivity index (χ2n) is 6.10. The monoisotopic (exact) mass is 348 g/mol. The first-order valence-corrected chi connectivity index (χ1v) is 8.45. The van der Waals surface area contributed by atoms with Crippen molar-refractivity contribution in [2.45, 2.75) is 32.6 Å². The summed E-state index contributed by atoms with van der Waals surface area (Å²) in [4.78, 5) is 6.29. The predicted molar refractivity (Wildman–Crippen MR) is 82.5 cm³/mol. The lowest BCUT2D eigenvalue weighted by Gasteiger charge is -2.23. The van der Waals surface area contributed by atoms with Crippen molar-refractivity contribution in [3.05, 3.63) is 16.2 Å². The summed E-state index contributed by atoms with van der Waals surface area (Å²) < 4.78 is 26.0. The SMILES string of the molecule is Cc1c(Br)cnc(N(C)C)c1S(=O)(=O)CC(C)(C)C. The van der Waals surface area contributed by atoms with Crippen LogP contribution in [0.1, 0.15) is 26.3 Å². The highest BCUT2D eigenvalue weighted by molar-refractivity contribution is 9.10. The summed E-state index contributed by atoms with van der Waals surface area (Å²) in [5, 5.41) is 0. The summed E-state index contributed by atoms with van der Waals surface area (Å²) in [5.74, 6) is 0.588. The highest BCUT2D eigenvalue weighted by Crippen LogP contribution is 2.33. The van der Waals surface area contributed by atoms with Crippen molar-refractivity contribution in [1.29, 1.82) is 0 Å². The summed E-state index contributed by atoms with van der Waals surface area (Å²) in [7, 11) is 0.214. The molecule has 0 aliphatic carbocycles. The number of anilines is 1. The maximum Gasteiger partial charge on any atom is 0.182 e. The molecule has 0 aliphatic rings. The van der Waals surface area contributed by atoms with Crippen LogP contribution in [-0.2, 0) is 9.84 Å². The van der Waals surface area contributed by atoms with E-state index in [2.05, 4.69) is 20.9 Å². The Morgan fingerprint density at radius 1 is 1.32 bits per heavy atom. The molecule has 0 N–H and O–H groups in total. The zero-order valence-electron chi connectivity index (χ0n) is 12.3. The van der Waals surface area contributed by atoms with Gasteiger partial charge in [0.1, 0.15) is 10.7 Å². The molecule has 0 amide bonds. The average Bonchev–Trinajstić information content (AvgIpc) is 2.17. The topological polar surface area (TPSA) is 50.3 Å². The van der Waals surface area contributed by atoms with Crippen LogP contribution in [0.4, 0.5) is 5.82 Å². The molecule has 6 heteroatoms. The van der Waals surface area contributed by atoms with Crippen molar-refractivity contribution in [2.75, 3.05) is 24.7 Å². The van der Waals surface area contributed by atoms with Crippen LogP contribution in [-0.4, -0.2) is 33.2 Å². The van der Waals surface area contributed by atoms with Crippen LogP contribution in [0.2, 0.25) is 0 Å². The van der Waals surface area contributed by atoms with Gasteiger partial charge in [-0.2, -0.15) is 0 Å². The van der Waals surface area contributed by atoms with Gasteiger partial charge < -0.3 is 4.90 Å². The van der Waals surface area contributed by atoms with Gasteiger partial charge in [-0.25, -0.2) is 13.4 Å². The number of hydrogen-bond donors (Lipinski definition) is 0. The van der Waals surface area contributed by atoms with Gasteiger partial charge in [0.25, 0.3) is 0 Å². The second kappa shape index (κ2) is 5.40. The van der Waals surface area contributed by atoms with Crippen LogP contribution in [0, 0.1) is 12.3 Å². The lowest BCUT2D eigenvalue weighted by Crippen LogP contribution is -2.24. The molecule has 0 fully saturated rings. The van der Waals surface area contributed by atoms with E-state index in [-0.39, 0.29) is 11.2 Å². The number of aromatic nitrogens is 1. The first-order chi connectivity index (χ1) is 8.46. The summed E-state index contributed by atoms with van der Waals surface area (Å²) >= 11 is 3.36. The van der Waals surface area contributed by atoms with Gasteiger partial charge in [-0.15, -0.1) is 0 Å². The smallest absolute Gasteiger partial charge is 0.182 e. The van der Waals surface area contributed by atoms with E-state index < -0.39 is 9.84 Å². The first-order valence-electron chi connectivity index (χ1n) is 6.01. The van der Waals surface area contributed by atoms with E-state index in [0.717, 1.165) is 0 Å². The number of sulfone groups is 1. The average molecular weight is 349 g/mol. The number of rotatable bonds is 3. The normalized spacial score (nSPS) is 12.6. The summed E-state index contributed by atoms with van der Waals surface area (Å²) in [6.07, 6.45) is 1.64. The van der Waals surface area contributed by atoms with Gasteiger partial charge in [-0.3, -0.25) is 0 Å². The van der Waals surface area contributed by atoms with Gasteiger partial charge in [-0.1, -0.05) is 20.8 Å². The molecule has 0 spiro atoms. The molecular formula is C13H21BrN2O2S. The molecule has 0 saturated heterocycles. The van der Waals surface area contributed by atoms with Crippen molar-refractivity contribution in [2.24, 2.45) is 5.41 Å². The lowest BCUT2D eigenvalue weighted by molar-refractivity contribution is 0.461. The minimum absolute atomic E-state index is 0.0970. The van der Waals surface area contributed by atoms with Crippen LogP contribution >= 0.6 is 15.9 Å². The third-order valence-corrected chi connectivity index (χ3v) is 5.72. The Morgan fingerprint density at radius 3 is 2.26 bits per heavy atom. The van der Waals surface area contributed by atoms with Crippen LogP contribution < -0.4 is 4.90 Å². The van der Waals surface area contributed by atoms with Crippen molar-refractivity contribution < 1.29 is 8.42 Å². The Morgan fingerprint density at radius 2 is 1.84 bits per heavy atom. The molecule has 19 heavy (non-hydrogen) atoms.